The third-order valence-corrected chi connectivity index (χ3v) is 8.14. The Labute approximate surface area is 266 Å². The lowest BCUT2D eigenvalue weighted by molar-refractivity contribution is -0.129. The summed E-state index contributed by atoms with van der Waals surface area (Å²) < 4.78 is 10.8. The third-order valence-electron chi connectivity index (χ3n) is 7.52. The van der Waals surface area contributed by atoms with Crippen LogP contribution in [0.5, 0.6) is 11.5 Å². The van der Waals surface area contributed by atoms with Gasteiger partial charge in [0.2, 0.25) is 0 Å². The number of halogens is 1. The van der Waals surface area contributed by atoms with Gasteiger partial charge in [-0.05, 0) is 66.6 Å². The Balaban J connectivity index is 1.30. The molecule has 0 spiro atoms. The van der Waals surface area contributed by atoms with Crippen molar-refractivity contribution in [3.8, 4) is 11.5 Å². The second-order valence-electron chi connectivity index (χ2n) is 10.7. The molecule has 0 fully saturated rings. The van der Waals surface area contributed by atoms with Gasteiger partial charge in [-0.15, -0.1) is 0 Å². The van der Waals surface area contributed by atoms with Crippen LogP contribution in [0.4, 0.5) is 0 Å². The second-order valence-corrected chi connectivity index (χ2v) is 13.0. The Hall–Kier alpha value is -4.23. The number of rotatable bonds is 10. The fraction of sp³-hybridized carbons (Fsp3) is 0.158. The van der Waals surface area contributed by atoms with Crippen molar-refractivity contribution in [2.45, 2.75) is 36.0 Å². The summed E-state index contributed by atoms with van der Waals surface area (Å²) >= 11 is 2.52. The number of carbonyl (C=O) groups excluding carboxylic acids is 2. The molecule has 0 aliphatic heterocycles. The zero-order valence-corrected chi connectivity index (χ0v) is 26.3. The quantitative estimate of drug-likeness (QED) is 0.0551. The third kappa shape index (κ3) is 7.41. The molecule has 4 aromatic rings. The van der Waals surface area contributed by atoms with Gasteiger partial charge in [-0.3, -0.25) is 0 Å². The molecule has 0 atom stereocenters. The maximum absolute atomic E-state index is 11.8. The van der Waals surface area contributed by atoms with Crippen LogP contribution in [0.25, 0.3) is 21.5 Å². The first-order valence-electron chi connectivity index (χ1n) is 14.3. The molecule has 0 saturated carbocycles. The number of hydrogen-bond acceptors (Lipinski definition) is 4. The number of hydrogen-bond donors (Lipinski definition) is 0. The number of aryl methyl sites for hydroxylation is 2. The molecule has 0 saturated heterocycles. The Morgan fingerprint density at radius 2 is 1.05 bits per heavy atom. The van der Waals surface area contributed by atoms with Crippen molar-refractivity contribution in [2.24, 2.45) is 0 Å². The van der Waals surface area contributed by atoms with Crippen molar-refractivity contribution < 1.29 is 19.1 Å². The molecule has 5 rings (SSSR count). The fourth-order valence-corrected chi connectivity index (χ4v) is 6.33. The molecule has 0 radical (unpaired) electrons. The zero-order valence-electron chi connectivity index (χ0n) is 24.1. The van der Waals surface area contributed by atoms with Crippen LogP contribution in [0, 0.1) is 0 Å². The van der Waals surface area contributed by atoms with Gasteiger partial charge >= 0.3 is 11.9 Å². The smallest absolute Gasteiger partial charge is 0.335 e. The van der Waals surface area contributed by atoms with Crippen LogP contribution in [0.2, 0.25) is 0 Å². The van der Waals surface area contributed by atoms with Crippen LogP contribution in [-0.2, 0) is 22.4 Å². The van der Waals surface area contributed by atoms with E-state index in [9.17, 15) is 9.59 Å². The molecule has 1 aliphatic rings. The standard InChI is InChI=1S/C38H33IO4/c1-4-36(40)42-34-22-20-28(30-10-6-8-12-32(30)34)18-16-26-14-15-27(25-38(3,39)24-26)17-19-29-21-23-35(43-37(41)5-2)33-13-9-7-11-31(29)33/h4-15,20-25H,1-2,16-19H2,3H3. The Morgan fingerprint density at radius 3 is 1.44 bits per heavy atom. The molecule has 4 aromatic carbocycles. The summed E-state index contributed by atoms with van der Waals surface area (Å²) in [5, 5.41) is 4.01. The molecule has 216 valence electrons. The predicted octanol–water partition coefficient (Wildman–Crippen LogP) is 9.36. The van der Waals surface area contributed by atoms with E-state index in [0.717, 1.165) is 47.2 Å². The van der Waals surface area contributed by atoms with E-state index in [-0.39, 0.29) is 3.42 Å². The van der Waals surface area contributed by atoms with E-state index in [0.29, 0.717) is 11.5 Å². The molecule has 43 heavy (non-hydrogen) atoms. The summed E-state index contributed by atoms with van der Waals surface area (Å²) in [6, 6.07) is 23.9. The minimum Gasteiger partial charge on any atom is -0.423 e. The highest BCUT2D eigenvalue weighted by atomic mass is 127. The van der Waals surface area contributed by atoms with Crippen molar-refractivity contribution in [1.82, 2.24) is 0 Å². The Morgan fingerprint density at radius 1 is 0.651 bits per heavy atom. The molecule has 0 amide bonds. The number of fused-ring (bicyclic) bond motifs is 2. The van der Waals surface area contributed by atoms with E-state index >= 15 is 0 Å². The molecule has 0 heterocycles. The first-order chi connectivity index (χ1) is 20.8. The predicted molar refractivity (Wildman–Crippen MR) is 184 cm³/mol. The molecular weight excluding hydrogens is 647 g/mol. The molecule has 0 N–H and O–H groups in total. The van der Waals surface area contributed by atoms with Gasteiger partial charge in [0.25, 0.3) is 0 Å². The maximum Gasteiger partial charge on any atom is 0.335 e. The normalized spacial score (nSPS) is 14.0. The lowest BCUT2D eigenvalue weighted by Crippen LogP contribution is -2.08. The summed E-state index contributed by atoms with van der Waals surface area (Å²) in [4.78, 5) is 23.7. The minimum absolute atomic E-state index is 0.123. The first kappa shape index (κ1) is 30.2. The van der Waals surface area contributed by atoms with Crippen LogP contribution in [0.3, 0.4) is 0 Å². The number of allylic oxidation sites excluding steroid dienone is 6. The molecular formula is C38H33IO4. The fourth-order valence-electron chi connectivity index (χ4n) is 5.53. The van der Waals surface area contributed by atoms with Gasteiger partial charge in [0.05, 0.1) is 3.42 Å². The van der Waals surface area contributed by atoms with E-state index in [1.807, 2.05) is 48.5 Å². The highest BCUT2D eigenvalue weighted by Crippen LogP contribution is 2.35. The SMILES string of the molecule is C=CC(=O)Oc1ccc(CCC2=CC(C)(I)C=C(CCc3ccc(OC(=O)C=C)c4ccccc34)C=C2)c2ccccc12. The molecule has 0 bridgehead atoms. The van der Waals surface area contributed by atoms with Crippen LogP contribution in [0.15, 0.2) is 134 Å². The van der Waals surface area contributed by atoms with Crippen LogP contribution < -0.4 is 9.47 Å². The van der Waals surface area contributed by atoms with Gasteiger partial charge in [0.1, 0.15) is 11.5 Å². The maximum atomic E-state index is 11.8. The van der Waals surface area contributed by atoms with Gasteiger partial charge in [-0.1, -0.05) is 132 Å². The molecule has 0 aromatic heterocycles. The minimum atomic E-state index is -0.462. The number of benzene rings is 4. The van der Waals surface area contributed by atoms with Crippen LogP contribution in [-0.4, -0.2) is 15.4 Å². The highest BCUT2D eigenvalue weighted by molar-refractivity contribution is 14.1. The average Bonchev–Trinajstić information content (AvgIpc) is 3.16. The first-order valence-corrected chi connectivity index (χ1v) is 15.3. The number of alkyl halides is 1. The summed E-state index contributed by atoms with van der Waals surface area (Å²) in [6.45, 7) is 9.24. The monoisotopic (exact) mass is 680 g/mol. The van der Waals surface area contributed by atoms with Crippen molar-refractivity contribution in [3.05, 3.63) is 145 Å². The molecule has 0 unspecified atom stereocenters. The van der Waals surface area contributed by atoms with Crippen molar-refractivity contribution >= 4 is 56.1 Å². The van der Waals surface area contributed by atoms with E-state index in [4.69, 9.17) is 9.47 Å². The number of ether oxygens (including phenoxy) is 2. The van der Waals surface area contributed by atoms with Gasteiger partial charge in [-0.25, -0.2) is 9.59 Å². The van der Waals surface area contributed by atoms with E-state index in [2.05, 4.69) is 91.2 Å². The number of esters is 2. The summed E-state index contributed by atoms with van der Waals surface area (Å²) in [6.07, 6.45) is 15.0. The van der Waals surface area contributed by atoms with E-state index in [1.165, 1.54) is 34.4 Å². The summed E-state index contributed by atoms with van der Waals surface area (Å²) in [7, 11) is 0. The summed E-state index contributed by atoms with van der Waals surface area (Å²) in [5.74, 6) is 0.171. The molecule has 1 aliphatic carbocycles. The highest BCUT2D eigenvalue weighted by Gasteiger charge is 2.19. The molecule has 5 heteroatoms. The van der Waals surface area contributed by atoms with Gasteiger partial charge < -0.3 is 9.47 Å². The Bertz CT molecular complexity index is 1690. The Kier molecular flexibility index (Phi) is 9.41. The van der Waals surface area contributed by atoms with Gasteiger partial charge in [-0.2, -0.15) is 0 Å². The average molecular weight is 681 g/mol. The van der Waals surface area contributed by atoms with Crippen LogP contribution >= 0.6 is 22.6 Å². The van der Waals surface area contributed by atoms with Gasteiger partial charge in [0.15, 0.2) is 0 Å². The lowest BCUT2D eigenvalue weighted by atomic mass is 9.96. The van der Waals surface area contributed by atoms with Crippen LogP contribution in [0.1, 0.15) is 30.9 Å². The zero-order chi connectivity index (χ0) is 30.4. The van der Waals surface area contributed by atoms with Crippen molar-refractivity contribution in [2.75, 3.05) is 0 Å². The van der Waals surface area contributed by atoms with E-state index in [1.54, 1.807) is 0 Å². The number of carbonyl (C=O) groups is 2. The lowest BCUT2D eigenvalue weighted by Gasteiger charge is -2.16. The van der Waals surface area contributed by atoms with Crippen molar-refractivity contribution in [1.29, 1.82) is 0 Å². The largest absolute Gasteiger partial charge is 0.423 e. The molecule has 4 nitrogen and oxygen atoms in total. The van der Waals surface area contributed by atoms with Gasteiger partial charge in [0, 0.05) is 22.9 Å². The second kappa shape index (κ2) is 13.4. The van der Waals surface area contributed by atoms with E-state index < -0.39 is 11.9 Å². The summed E-state index contributed by atoms with van der Waals surface area (Å²) in [5.41, 5.74) is 5.00. The topological polar surface area (TPSA) is 52.6 Å². The van der Waals surface area contributed by atoms with Crippen molar-refractivity contribution in [3.63, 3.8) is 0 Å².